The van der Waals surface area contributed by atoms with Gasteiger partial charge in [0.05, 0.1) is 5.69 Å². The molecule has 1 atom stereocenters. The lowest BCUT2D eigenvalue weighted by molar-refractivity contribution is 0.627. The van der Waals surface area contributed by atoms with Gasteiger partial charge in [0.1, 0.15) is 0 Å². The van der Waals surface area contributed by atoms with E-state index in [0.717, 1.165) is 18.5 Å². The van der Waals surface area contributed by atoms with Crippen LogP contribution in [0.15, 0.2) is 36.5 Å². The molecule has 2 rings (SSSR count). The van der Waals surface area contributed by atoms with Gasteiger partial charge in [0.2, 0.25) is 0 Å². The Labute approximate surface area is 90.1 Å². The van der Waals surface area contributed by atoms with Crippen molar-refractivity contribution in [2.24, 2.45) is 5.73 Å². The predicted octanol–water partition coefficient (Wildman–Crippen LogP) is 3.03. The van der Waals surface area contributed by atoms with E-state index in [9.17, 15) is 0 Å². The first-order valence-corrected chi connectivity index (χ1v) is 5.42. The first kappa shape index (κ1) is 10.1. The number of pyridine rings is 1. The largest absolute Gasteiger partial charge is 0.323 e. The molecule has 1 aromatic heterocycles. The quantitative estimate of drug-likeness (QED) is 0.827. The van der Waals surface area contributed by atoms with Crippen molar-refractivity contribution in [1.82, 2.24) is 4.98 Å². The molecule has 78 valence electrons. The minimum absolute atomic E-state index is 0.0566. The highest BCUT2D eigenvalue weighted by atomic mass is 14.8. The average molecular weight is 200 g/mol. The Kier molecular flexibility index (Phi) is 2.97. The zero-order valence-corrected chi connectivity index (χ0v) is 8.98. The molecule has 0 radical (unpaired) electrons. The van der Waals surface area contributed by atoms with Gasteiger partial charge in [-0.15, -0.1) is 0 Å². The van der Waals surface area contributed by atoms with Crippen molar-refractivity contribution in [2.75, 3.05) is 0 Å². The third-order valence-electron chi connectivity index (χ3n) is 2.66. The van der Waals surface area contributed by atoms with Crippen LogP contribution in [0.1, 0.15) is 31.5 Å². The van der Waals surface area contributed by atoms with Crippen LogP contribution < -0.4 is 5.73 Å². The predicted molar refractivity (Wildman–Crippen MR) is 63.6 cm³/mol. The standard InChI is InChI=1S/C13H16N2/c1-2-5-12(14)13-11-7-4-3-6-10(11)8-9-15-13/h3-4,6-9,12H,2,5,14H2,1H3/t12-/m1/s1. The molecule has 0 saturated heterocycles. The molecule has 1 aromatic carbocycles. The SMILES string of the molecule is CCC[C@@H](N)c1nccc2ccccc12. The van der Waals surface area contributed by atoms with Crippen LogP contribution in [0.25, 0.3) is 10.8 Å². The molecule has 0 aliphatic carbocycles. The van der Waals surface area contributed by atoms with Crippen LogP contribution in [0.2, 0.25) is 0 Å². The van der Waals surface area contributed by atoms with Crippen LogP contribution >= 0.6 is 0 Å². The number of hydrogen-bond donors (Lipinski definition) is 1. The van der Waals surface area contributed by atoms with Gasteiger partial charge in [-0.2, -0.15) is 0 Å². The normalized spacial score (nSPS) is 12.9. The first-order chi connectivity index (χ1) is 7.33. The van der Waals surface area contributed by atoms with E-state index in [0.29, 0.717) is 0 Å². The fraction of sp³-hybridized carbons (Fsp3) is 0.308. The molecule has 0 fully saturated rings. The monoisotopic (exact) mass is 200 g/mol. The van der Waals surface area contributed by atoms with Crippen molar-refractivity contribution in [3.05, 3.63) is 42.2 Å². The number of benzene rings is 1. The molecule has 0 spiro atoms. The van der Waals surface area contributed by atoms with Gasteiger partial charge < -0.3 is 5.73 Å². The molecule has 2 N–H and O–H groups in total. The first-order valence-electron chi connectivity index (χ1n) is 5.42. The van der Waals surface area contributed by atoms with Gasteiger partial charge in [0.15, 0.2) is 0 Å². The fourth-order valence-electron chi connectivity index (χ4n) is 1.89. The van der Waals surface area contributed by atoms with Crippen LogP contribution in [0.3, 0.4) is 0 Å². The zero-order chi connectivity index (χ0) is 10.7. The lowest BCUT2D eigenvalue weighted by Crippen LogP contribution is -2.11. The third kappa shape index (κ3) is 2.00. The number of nitrogens with two attached hydrogens (primary N) is 1. The molecule has 0 aliphatic heterocycles. The Hall–Kier alpha value is -1.41. The lowest BCUT2D eigenvalue weighted by Gasteiger charge is -2.12. The number of fused-ring (bicyclic) bond motifs is 1. The molecule has 1 heterocycles. The van der Waals surface area contributed by atoms with Crippen molar-refractivity contribution in [2.45, 2.75) is 25.8 Å². The summed E-state index contributed by atoms with van der Waals surface area (Å²) in [6.45, 7) is 2.14. The smallest absolute Gasteiger partial charge is 0.0649 e. The van der Waals surface area contributed by atoms with E-state index in [-0.39, 0.29) is 6.04 Å². The van der Waals surface area contributed by atoms with E-state index >= 15 is 0 Å². The highest BCUT2D eigenvalue weighted by Crippen LogP contribution is 2.22. The molecule has 0 saturated carbocycles. The summed E-state index contributed by atoms with van der Waals surface area (Å²) < 4.78 is 0. The molecular formula is C13H16N2. The Morgan fingerprint density at radius 1 is 1.27 bits per heavy atom. The Balaban J connectivity index is 2.50. The Morgan fingerprint density at radius 3 is 2.87 bits per heavy atom. The van der Waals surface area contributed by atoms with Gasteiger partial charge >= 0.3 is 0 Å². The summed E-state index contributed by atoms with van der Waals surface area (Å²) >= 11 is 0. The molecule has 0 bridgehead atoms. The summed E-state index contributed by atoms with van der Waals surface area (Å²) in [4.78, 5) is 4.40. The van der Waals surface area contributed by atoms with Crippen molar-refractivity contribution < 1.29 is 0 Å². The van der Waals surface area contributed by atoms with Crippen LogP contribution in [0.4, 0.5) is 0 Å². The minimum Gasteiger partial charge on any atom is -0.323 e. The Morgan fingerprint density at radius 2 is 2.07 bits per heavy atom. The molecule has 2 aromatic rings. The summed E-state index contributed by atoms with van der Waals surface area (Å²) in [7, 11) is 0. The lowest BCUT2D eigenvalue weighted by atomic mass is 10.0. The summed E-state index contributed by atoms with van der Waals surface area (Å²) in [5.41, 5.74) is 7.13. The van der Waals surface area contributed by atoms with Crippen LogP contribution in [0.5, 0.6) is 0 Å². The van der Waals surface area contributed by atoms with E-state index < -0.39 is 0 Å². The molecule has 0 amide bonds. The highest BCUT2D eigenvalue weighted by molar-refractivity contribution is 5.84. The fourth-order valence-corrected chi connectivity index (χ4v) is 1.89. The molecule has 15 heavy (non-hydrogen) atoms. The van der Waals surface area contributed by atoms with Gasteiger partial charge in [0, 0.05) is 17.6 Å². The minimum atomic E-state index is 0.0566. The molecule has 0 aliphatic rings. The zero-order valence-electron chi connectivity index (χ0n) is 8.98. The van der Waals surface area contributed by atoms with Gasteiger partial charge in [0.25, 0.3) is 0 Å². The van der Waals surface area contributed by atoms with Crippen LogP contribution in [-0.2, 0) is 0 Å². The summed E-state index contributed by atoms with van der Waals surface area (Å²) in [6.07, 6.45) is 3.92. The number of hydrogen-bond acceptors (Lipinski definition) is 2. The summed E-state index contributed by atoms with van der Waals surface area (Å²) in [5.74, 6) is 0. The second-order valence-corrected chi connectivity index (χ2v) is 3.81. The van der Waals surface area contributed by atoms with Crippen LogP contribution in [-0.4, -0.2) is 4.98 Å². The average Bonchev–Trinajstić information content (AvgIpc) is 2.28. The van der Waals surface area contributed by atoms with Crippen molar-refractivity contribution in [1.29, 1.82) is 0 Å². The number of nitrogens with zero attached hydrogens (tertiary/aromatic N) is 1. The summed E-state index contributed by atoms with van der Waals surface area (Å²) in [5, 5.41) is 2.40. The van der Waals surface area contributed by atoms with E-state index in [1.165, 1.54) is 10.8 Å². The van der Waals surface area contributed by atoms with Crippen LogP contribution in [0, 0.1) is 0 Å². The molecular weight excluding hydrogens is 184 g/mol. The number of rotatable bonds is 3. The molecule has 2 heteroatoms. The van der Waals surface area contributed by atoms with Crippen molar-refractivity contribution in [3.63, 3.8) is 0 Å². The van der Waals surface area contributed by atoms with Crippen molar-refractivity contribution >= 4 is 10.8 Å². The molecule has 0 unspecified atom stereocenters. The second kappa shape index (κ2) is 4.41. The van der Waals surface area contributed by atoms with E-state index in [1.54, 1.807) is 0 Å². The van der Waals surface area contributed by atoms with Gasteiger partial charge in [-0.1, -0.05) is 37.6 Å². The van der Waals surface area contributed by atoms with E-state index in [1.807, 2.05) is 24.4 Å². The highest BCUT2D eigenvalue weighted by Gasteiger charge is 2.09. The maximum absolute atomic E-state index is 6.11. The maximum atomic E-state index is 6.11. The summed E-state index contributed by atoms with van der Waals surface area (Å²) in [6, 6.07) is 10.3. The van der Waals surface area contributed by atoms with Gasteiger partial charge in [-0.25, -0.2) is 0 Å². The number of aromatic nitrogens is 1. The third-order valence-corrected chi connectivity index (χ3v) is 2.66. The topological polar surface area (TPSA) is 38.9 Å². The molecule has 2 nitrogen and oxygen atoms in total. The maximum Gasteiger partial charge on any atom is 0.0649 e. The van der Waals surface area contributed by atoms with Gasteiger partial charge in [-0.3, -0.25) is 4.98 Å². The van der Waals surface area contributed by atoms with Gasteiger partial charge in [-0.05, 0) is 17.9 Å². The second-order valence-electron chi connectivity index (χ2n) is 3.81. The van der Waals surface area contributed by atoms with E-state index in [4.69, 9.17) is 5.73 Å². The Bertz CT molecular complexity index is 446. The van der Waals surface area contributed by atoms with Crippen molar-refractivity contribution in [3.8, 4) is 0 Å². The van der Waals surface area contributed by atoms with E-state index in [2.05, 4.69) is 24.0 Å².